The van der Waals surface area contributed by atoms with Gasteiger partial charge < -0.3 is 4.57 Å². The molecule has 0 atom stereocenters. The van der Waals surface area contributed by atoms with E-state index in [1.807, 2.05) is 47.2 Å². The number of rotatable bonds is 5. The first kappa shape index (κ1) is 17.1. The molecular weight excluding hydrogens is 457 g/mol. The van der Waals surface area contributed by atoms with Crippen molar-refractivity contribution in [3.8, 4) is 0 Å². The number of aromatic nitrogens is 3. The molecule has 0 aliphatic rings. The van der Waals surface area contributed by atoms with Crippen molar-refractivity contribution in [2.24, 2.45) is 5.10 Å². The predicted molar refractivity (Wildman–Crippen MR) is 103 cm³/mol. The van der Waals surface area contributed by atoms with Gasteiger partial charge in [0, 0.05) is 18.0 Å². The lowest BCUT2D eigenvalue weighted by Crippen LogP contribution is -2.13. The van der Waals surface area contributed by atoms with Crippen molar-refractivity contribution < 1.29 is 0 Å². The molecule has 24 heavy (non-hydrogen) atoms. The van der Waals surface area contributed by atoms with Gasteiger partial charge in [-0.05, 0) is 56.1 Å². The summed E-state index contributed by atoms with van der Waals surface area (Å²) >= 11 is 12.9. The molecule has 1 N–H and O–H groups in total. The second kappa shape index (κ2) is 7.92. The molecule has 8 heteroatoms. The predicted octanol–water partition coefficient (Wildman–Crippen LogP) is 4.97. The van der Waals surface area contributed by atoms with Crippen molar-refractivity contribution in [3.63, 3.8) is 0 Å². The van der Waals surface area contributed by atoms with Crippen LogP contribution in [0, 0.1) is 0 Å². The van der Waals surface area contributed by atoms with E-state index in [0.717, 1.165) is 26.2 Å². The second-order valence-corrected chi connectivity index (χ2v) is 6.92. The van der Waals surface area contributed by atoms with Crippen LogP contribution >= 0.6 is 43.5 Å². The van der Waals surface area contributed by atoms with Gasteiger partial charge in [0.2, 0.25) is 0 Å². The molecule has 5 nitrogen and oxygen atoms in total. The maximum absolute atomic E-state index is 6.17. The Labute approximate surface area is 161 Å². The van der Waals surface area contributed by atoms with E-state index in [1.165, 1.54) is 0 Å². The van der Waals surface area contributed by atoms with Gasteiger partial charge in [-0.2, -0.15) is 5.10 Å². The van der Waals surface area contributed by atoms with E-state index >= 15 is 0 Å². The van der Waals surface area contributed by atoms with Crippen LogP contribution in [0.2, 0.25) is 5.02 Å². The molecule has 0 bridgehead atoms. The Kier molecular flexibility index (Phi) is 5.65. The summed E-state index contributed by atoms with van der Waals surface area (Å²) in [7, 11) is 0. The molecule has 0 aliphatic carbocycles. The Balaban J connectivity index is 1.92. The normalized spacial score (nSPS) is 11.5. The third kappa shape index (κ3) is 4.43. The first-order valence-electron chi connectivity index (χ1n) is 6.98. The van der Waals surface area contributed by atoms with Crippen molar-refractivity contribution in [1.82, 2.24) is 14.5 Å². The topological polar surface area (TPSA) is 55.1 Å². The fraction of sp³-hybridized carbons (Fsp3) is 0.0625. The Morgan fingerprint density at radius 2 is 2.00 bits per heavy atom. The number of hydrogen-bond acceptors (Lipinski definition) is 4. The highest BCUT2D eigenvalue weighted by Gasteiger charge is 2.08. The average Bonchev–Trinajstić information content (AvgIpc) is 2.98. The van der Waals surface area contributed by atoms with Gasteiger partial charge in [-0.1, -0.05) is 23.7 Å². The van der Waals surface area contributed by atoms with Crippen molar-refractivity contribution in [3.05, 3.63) is 74.9 Å². The monoisotopic (exact) mass is 467 g/mol. The summed E-state index contributed by atoms with van der Waals surface area (Å²) in [6, 6.07) is 11.3. The summed E-state index contributed by atoms with van der Waals surface area (Å²) in [6.07, 6.45) is 5.36. The van der Waals surface area contributed by atoms with E-state index in [-0.39, 0.29) is 0 Å². The summed E-state index contributed by atoms with van der Waals surface area (Å²) in [5, 5.41) is 5.15. The number of hydrazone groups is 1. The van der Waals surface area contributed by atoms with E-state index in [4.69, 9.17) is 11.6 Å². The standard InChI is InChI=1S/C16H12Br2ClN5/c17-15-7-11(5-6-20-15)14(8-24-9-16(18)21-10-24)23-22-13-4-2-1-3-12(13)19/h1-7,9-10,22H,8H2/b23-14-. The van der Waals surface area contributed by atoms with Crippen molar-refractivity contribution in [2.45, 2.75) is 6.54 Å². The van der Waals surface area contributed by atoms with Crippen LogP contribution in [0.3, 0.4) is 0 Å². The maximum atomic E-state index is 6.17. The molecule has 3 rings (SSSR count). The fourth-order valence-corrected chi connectivity index (χ4v) is 2.94. The van der Waals surface area contributed by atoms with Crippen LogP contribution in [-0.2, 0) is 6.54 Å². The quantitative estimate of drug-likeness (QED) is 0.326. The summed E-state index contributed by atoms with van der Waals surface area (Å²) in [4.78, 5) is 8.33. The van der Waals surface area contributed by atoms with Crippen molar-refractivity contribution in [2.75, 3.05) is 5.43 Å². The minimum absolute atomic E-state index is 0.548. The number of nitrogens with one attached hydrogen (secondary N) is 1. The Morgan fingerprint density at radius 3 is 2.71 bits per heavy atom. The number of halogens is 3. The molecule has 2 aromatic heterocycles. The molecule has 2 heterocycles. The van der Waals surface area contributed by atoms with Gasteiger partial charge in [0.25, 0.3) is 0 Å². The third-order valence-corrected chi connectivity index (χ3v) is 4.35. The molecule has 122 valence electrons. The fourth-order valence-electron chi connectivity index (χ4n) is 2.04. The van der Waals surface area contributed by atoms with Crippen molar-refractivity contribution >= 4 is 54.9 Å². The van der Waals surface area contributed by atoms with Gasteiger partial charge in [0.05, 0.1) is 29.3 Å². The van der Waals surface area contributed by atoms with Crippen LogP contribution in [0.25, 0.3) is 0 Å². The average molecular weight is 470 g/mol. The van der Waals surface area contributed by atoms with Gasteiger partial charge in [-0.3, -0.25) is 5.43 Å². The minimum Gasteiger partial charge on any atom is -0.330 e. The number of imidazole rings is 1. The molecular formula is C16H12Br2ClN5. The van der Waals surface area contributed by atoms with Gasteiger partial charge in [-0.25, -0.2) is 9.97 Å². The van der Waals surface area contributed by atoms with Gasteiger partial charge in [-0.15, -0.1) is 0 Å². The molecule has 0 aliphatic heterocycles. The zero-order chi connectivity index (χ0) is 16.9. The van der Waals surface area contributed by atoms with Crippen molar-refractivity contribution in [1.29, 1.82) is 0 Å². The molecule has 0 saturated heterocycles. The lowest BCUT2D eigenvalue weighted by Gasteiger charge is -2.10. The van der Waals surface area contributed by atoms with E-state index in [2.05, 4.69) is 52.4 Å². The van der Waals surface area contributed by atoms with Gasteiger partial charge >= 0.3 is 0 Å². The lowest BCUT2D eigenvalue weighted by atomic mass is 10.1. The largest absolute Gasteiger partial charge is 0.330 e. The van der Waals surface area contributed by atoms with Crippen LogP contribution in [0.15, 0.2) is 69.4 Å². The minimum atomic E-state index is 0.548. The zero-order valence-corrected chi connectivity index (χ0v) is 16.3. The van der Waals surface area contributed by atoms with Crippen LogP contribution in [0.5, 0.6) is 0 Å². The lowest BCUT2D eigenvalue weighted by molar-refractivity contribution is 0.848. The first-order valence-corrected chi connectivity index (χ1v) is 8.94. The maximum Gasteiger partial charge on any atom is 0.124 e. The molecule has 3 aromatic rings. The summed E-state index contributed by atoms with van der Waals surface area (Å²) < 4.78 is 3.46. The number of anilines is 1. The Hall–Kier alpha value is -1.70. The van der Waals surface area contributed by atoms with Gasteiger partial charge in [0.1, 0.15) is 9.21 Å². The number of hydrogen-bond donors (Lipinski definition) is 1. The Morgan fingerprint density at radius 1 is 1.17 bits per heavy atom. The highest BCUT2D eigenvalue weighted by atomic mass is 79.9. The molecule has 0 fully saturated rings. The smallest absolute Gasteiger partial charge is 0.124 e. The molecule has 1 aromatic carbocycles. The van der Waals surface area contributed by atoms with E-state index in [9.17, 15) is 0 Å². The SMILES string of the molecule is Clc1ccccc1N/N=C(/Cn1cnc(Br)c1)c1ccnc(Br)c1. The zero-order valence-electron chi connectivity index (χ0n) is 12.3. The van der Waals surface area contributed by atoms with Crippen LogP contribution in [0.1, 0.15) is 5.56 Å². The first-order chi connectivity index (χ1) is 11.6. The number of benzene rings is 1. The Bertz CT molecular complexity index is 878. The molecule has 0 saturated carbocycles. The van der Waals surface area contributed by atoms with Crippen LogP contribution in [0.4, 0.5) is 5.69 Å². The number of para-hydroxylation sites is 1. The molecule has 0 radical (unpaired) electrons. The number of pyridine rings is 1. The highest BCUT2D eigenvalue weighted by molar-refractivity contribution is 9.10. The van der Waals surface area contributed by atoms with E-state index < -0.39 is 0 Å². The highest BCUT2D eigenvalue weighted by Crippen LogP contribution is 2.21. The molecule has 0 amide bonds. The number of nitrogens with zero attached hydrogens (tertiary/aromatic N) is 4. The molecule has 0 spiro atoms. The summed E-state index contributed by atoms with van der Waals surface area (Å²) in [5.74, 6) is 0. The second-order valence-electron chi connectivity index (χ2n) is 4.89. The third-order valence-electron chi connectivity index (χ3n) is 3.18. The van der Waals surface area contributed by atoms with Gasteiger partial charge in [0.15, 0.2) is 0 Å². The van der Waals surface area contributed by atoms with Crippen LogP contribution in [-0.4, -0.2) is 20.2 Å². The van der Waals surface area contributed by atoms with E-state index in [0.29, 0.717) is 11.6 Å². The summed E-state index contributed by atoms with van der Waals surface area (Å²) in [6.45, 7) is 0.548. The molecule has 0 unspecified atom stereocenters. The summed E-state index contributed by atoms with van der Waals surface area (Å²) in [5.41, 5.74) is 5.55. The van der Waals surface area contributed by atoms with Crippen LogP contribution < -0.4 is 5.43 Å². The van der Waals surface area contributed by atoms with E-state index in [1.54, 1.807) is 12.5 Å².